The van der Waals surface area contributed by atoms with Crippen LogP contribution in [-0.2, 0) is 20.7 Å². The molecular weight excluding hydrogens is 330 g/mol. The molecule has 1 heterocycles. The van der Waals surface area contributed by atoms with Crippen LogP contribution in [0.1, 0.15) is 36.4 Å². The summed E-state index contributed by atoms with van der Waals surface area (Å²) in [5.41, 5.74) is 2.64. The Labute approximate surface area is 155 Å². The first-order valence-electron chi connectivity index (χ1n) is 9.53. The van der Waals surface area contributed by atoms with Crippen molar-refractivity contribution in [1.82, 2.24) is 15.1 Å². The predicted octanol–water partition coefficient (Wildman–Crippen LogP) is 1.36. The van der Waals surface area contributed by atoms with E-state index in [1.165, 1.54) is 18.2 Å². The minimum Gasteiger partial charge on any atom is -0.375 e. The van der Waals surface area contributed by atoms with Crippen LogP contribution in [0.5, 0.6) is 0 Å². The summed E-state index contributed by atoms with van der Waals surface area (Å²) in [7, 11) is 1.54. The number of nitrogens with zero attached hydrogens (tertiary/aromatic N) is 2. The maximum atomic E-state index is 12.4. The van der Waals surface area contributed by atoms with Crippen molar-refractivity contribution >= 4 is 11.8 Å². The number of hydrogen-bond donors (Lipinski definition) is 1. The summed E-state index contributed by atoms with van der Waals surface area (Å²) in [5.74, 6) is 0.158. The van der Waals surface area contributed by atoms with Crippen molar-refractivity contribution in [1.29, 1.82) is 0 Å². The number of fused-ring (bicyclic) bond motifs is 1. The maximum Gasteiger partial charge on any atom is 0.248 e. The number of carbonyl (C=O) groups is 2. The summed E-state index contributed by atoms with van der Waals surface area (Å²) >= 11 is 0. The van der Waals surface area contributed by atoms with Gasteiger partial charge in [-0.3, -0.25) is 14.5 Å². The van der Waals surface area contributed by atoms with Crippen molar-refractivity contribution in [3.05, 3.63) is 35.4 Å². The van der Waals surface area contributed by atoms with Gasteiger partial charge < -0.3 is 15.0 Å². The number of carbonyl (C=O) groups excluding carboxylic acids is 2. The van der Waals surface area contributed by atoms with Crippen LogP contribution in [0, 0.1) is 0 Å². The fourth-order valence-corrected chi connectivity index (χ4v) is 3.87. The second kappa shape index (κ2) is 9.14. The van der Waals surface area contributed by atoms with Crippen molar-refractivity contribution in [3.63, 3.8) is 0 Å². The van der Waals surface area contributed by atoms with E-state index in [1.807, 2.05) is 11.0 Å². The lowest BCUT2D eigenvalue weighted by Gasteiger charge is -2.34. The SMILES string of the molecule is COCC(=O)N1CCN(CCC(=O)NC2CCCc3ccccc32)CC1. The Morgan fingerprint density at radius 2 is 1.96 bits per heavy atom. The highest BCUT2D eigenvalue weighted by molar-refractivity contribution is 5.77. The first kappa shape index (κ1) is 18.9. The van der Waals surface area contributed by atoms with Crippen LogP contribution in [0.2, 0.25) is 0 Å². The molecule has 0 bridgehead atoms. The fraction of sp³-hybridized carbons (Fsp3) is 0.600. The molecule has 0 aromatic heterocycles. The third-order valence-electron chi connectivity index (χ3n) is 5.35. The first-order chi connectivity index (χ1) is 12.7. The van der Waals surface area contributed by atoms with Gasteiger partial charge in [0, 0.05) is 46.3 Å². The highest BCUT2D eigenvalue weighted by atomic mass is 16.5. The van der Waals surface area contributed by atoms with Gasteiger partial charge in [0.1, 0.15) is 6.61 Å². The lowest BCUT2D eigenvalue weighted by atomic mass is 9.87. The molecule has 2 amide bonds. The van der Waals surface area contributed by atoms with Crippen molar-refractivity contribution in [2.75, 3.05) is 46.4 Å². The lowest BCUT2D eigenvalue weighted by Crippen LogP contribution is -2.50. The van der Waals surface area contributed by atoms with Crippen LogP contribution in [0.25, 0.3) is 0 Å². The molecular formula is C20H29N3O3. The molecule has 1 aromatic rings. The molecule has 1 saturated heterocycles. The molecule has 1 unspecified atom stereocenters. The number of amides is 2. The fourth-order valence-electron chi connectivity index (χ4n) is 3.87. The summed E-state index contributed by atoms with van der Waals surface area (Å²) in [4.78, 5) is 28.3. The largest absolute Gasteiger partial charge is 0.375 e. The van der Waals surface area contributed by atoms with Gasteiger partial charge in [-0.25, -0.2) is 0 Å². The molecule has 1 fully saturated rings. The molecule has 0 spiro atoms. The Bertz CT molecular complexity index is 626. The average molecular weight is 359 g/mol. The quantitative estimate of drug-likeness (QED) is 0.833. The summed E-state index contributed by atoms with van der Waals surface area (Å²) in [6.07, 6.45) is 3.75. The summed E-state index contributed by atoms with van der Waals surface area (Å²) in [6, 6.07) is 8.57. The van der Waals surface area contributed by atoms with Gasteiger partial charge in [-0.2, -0.15) is 0 Å². The van der Waals surface area contributed by atoms with E-state index in [9.17, 15) is 9.59 Å². The Balaban J connectivity index is 1.41. The van der Waals surface area contributed by atoms with E-state index >= 15 is 0 Å². The molecule has 142 valence electrons. The molecule has 6 heteroatoms. The standard InChI is InChI=1S/C20H29N3O3/c1-26-15-20(25)23-13-11-22(12-14-23)10-9-19(24)21-18-8-4-6-16-5-2-3-7-17(16)18/h2-3,5,7,18H,4,6,8-15H2,1H3,(H,21,24). The van der Waals surface area contributed by atoms with Gasteiger partial charge in [-0.05, 0) is 30.4 Å². The van der Waals surface area contributed by atoms with Crippen LogP contribution in [-0.4, -0.2) is 68.1 Å². The number of nitrogens with one attached hydrogen (secondary N) is 1. The number of methoxy groups -OCH3 is 1. The molecule has 1 aliphatic heterocycles. The minimum atomic E-state index is 0.0425. The first-order valence-corrected chi connectivity index (χ1v) is 9.53. The van der Waals surface area contributed by atoms with Gasteiger partial charge in [-0.15, -0.1) is 0 Å². The molecule has 26 heavy (non-hydrogen) atoms. The molecule has 3 rings (SSSR count). The van der Waals surface area contributed by atoms with Gasteiger partial charge in [0.25, 0.3) is 0 Å². The van der Waals surface area contributed by atoms with E-state index in [0.29, 0.717) is 19.5 Å². The predicted molar refractivity (Wildman–Crippen MR) is 99.8 cm³/mol. The van der Waals surface area contributed by atoms with Crippen molar-refractivity contribution in [2.24, 2.45) is 0 Å². The molecule has 1 aromatic carbocycles. The van der Waals surface area contributed by atoms with Crippen LogP contribution in [0.15, 0.2) is 24.3 Å². The van der Waals surface area contributed by atoms with Crippen LogP contribution in [0.4, 0.5) is 0 Å². The lowest BCUT2D eigenvalue weighted by molar-refractivity contribution is -0.137. The zero-order valence-electron chi connectivity index (χ0n) is 15.6. The van der Waals surface area contributed by atoms with E-state index in [0.717, 1.165) is 38.9 Å². The minimum absolute atomic E-state index is 0.0425. The van der Waals surface area contributed by atoms with Gasteiger partial charge in [0.15, 0.2) is 0 Å². The smallest absolute Gasteiger partial charge is 0.248 e. The van der Waals surface area contributed by atoms with Gasteiger partial charge in [0.2, 0.25) is 11.8 Å². The molecule has 2 aliphatic rings. The summed E-state index contributed by atoms with van der Waals surface area (Å²) in [6.45, 7) is 3.93. The molecule has 0 saturated carbocycles. The van der Waals surface area contributed by atoms with Crippen LogP contribution in [0.3, 0.4) is 0 Å². The number of benzene rings is 1. The molecule has 1 N–H and O–H groups in total. The van der Waals surface area contributed by atoms with Gasteiger partial charge in [-0.1, -0.05) is 24.3 Å². The van der Waals surface area contributed by atoms with Crippen LogP contribution >= 0.6 is 0 Å². The molecule has 6 nitrogen and oxygen atoms in total. The van der Waals surface area contributed by atoms with Crippen molar-refractivity contribution in [2.45, 2.75) is 31.7 Å². The van der Waals surface area contributed by atoms with Crippen molar-refractivity contribution in [3.8, 4) is 0 Å². The average Bonchev–Trinajstić information content (AvgIpc) is 2.67. The highest BCUT2D eigenvalue weighted by Gasteiger charge is 2.23. The number of piperazine rings is 1. The monoisotopic (exact) mass is 359 g/mol. The van der Waals surface area contributed by atoms with E-state index in [1.54, 1.807) is 0 Å². The third kappa shape index (κ3) is 4.83. The van der Waals surface area contributed by atoms with E-state index < -0.39 is 0 Å². The summed E-state index contributed by atoms with van der Waals surface area (Å²) in [5, 5.41) is 3.21. The Morgan fingerprint density at radius 1 is 1.19 bits per heavy atom. The number of aryl methyl sites for hydroxylation is 1. The normalized spacial score (nSPS) is 20.5. The van der Waals surface area contributed by atoms with Gasteiger partial charge in [0.05, 0.1) is 6.04 Å². The molecule has 1 aliphatic carbocycles. The second-order valence-electron chi connectivity index (χ2n) is 7.12. The maximum absolute atomic E-state index is 12.4. The second-order valence-corrected chi connectivity index (χ2v) is 7.12. The van der Waals surface area contributed by atoms with E-state index in [-0.39, 0.29) is 24.5 Å². The Morgan fingerprint density at radius 3 is 2.73 bits per heavy atom. The third-order valence-corrected chi connectivity index (χ3v) is 5.35. The highest BCUT2D eigenvalue weighted by Crippen LogP contribution is 2.29. The van der Waals surface area contributed by atoms with Crippen molar-refractivity contribution < 1.29 is 14.3 Å². The zero-order valence-corrected chi connectivity index (χ0v) is 15.6. The van der Waals surface area contributed by atoms with Gasteiger partial charge >= 0.3 is 0 Å². The Hall–Kier alpha value is -1.92. The molecule has 1 atom stereocenters. The summed E-state index contributed by atoms with van der Waals surface area (Å²) < 4.78 is 4.90. The Kier molecular flexibility index (Phi) is 6.63. The van der Waals surface area contributed by atoms with E-state index in [4.69, 9.17) is 4.74 Å². The number of hydrogen-bond acceptors (Lipinski definition) is 4. The topological polar surface area (TPSA) is 61.9 Å². The van der Waals surface area contributed by atoms with Crippen LogP contribution < -0.4 is 5.32 Å². The molecule has 0 radical (unpaired) electrons. The number of ether oxygens (including phenoxy) is 1. The number of rotatable bonds is 6. The van der Waals surface area contributed by atoms with E-state index in [2.05, 4.69) is 28.4 Å². The zero-order chi connectivity index (χ0) is 18.4.